The molecule has 2 N–H and O–H groups in total. The maximum Gasteiger partial charge on any atom is 0.242 e. The van der Waals surface area contributed by atoms with E-state index in [0.29, 0.717) is 17.9 Å². The minimum Gasteiger partial charge on any atom is -0.358 e. The van der Waals surface area contributed by atoms with Crippen LogP contribution in [0, 0.1) is 11.3 Å². The molecule has 1 aromatic heterocycles. The third-order valence-electron chi connectivity index (χ3n) is 3.72. The van der Waals surface area contributed by atoms with E-state index in [1.165, 1.54) is 5.56 Å². The molecule has 1 aliphatic carbocycles. The summed E-state index contributed by atoms with van der Waals surface area (Å²) in [5.41, 5.74) is 2.75. The van der Waals surface area contributed by atoms with Gasteiger partial charge in [-0.3, -0.25) is 4.79 Å². The Balaban J connectivity index is 2.15. The van der Waals surface area contributed by atoms with Crippen molar-refractivity contribution in [3.63, 3.8) is 0 Å². The first-order valence-corrected chi connectivity index (χ1v) is 7.62. The molecule has 1 aromatic rings. The zero-order chi connectivity index (χ0) is 15.2. The first-order chi connectivity index (χ1) is 10.2. The smallest absolute Gasteiger partial charge is 0.242 e. The molecule has 0 saturated carbocycles. The summed E-state index contributed by atoms with van der Waals surface area (Å²) in [6.45, 7) is 4.46. The minimum atomic E-state index is -0.405. The van der Waals surface area contributed by atoms with Crippen LogP contribution in [0.15, 0.2) is 6.07 Å². The quantitative estimate of drug-likeness (QED) is 0.869. The number of fused-ring (bicyclic) bond motifs is 1. The van der Waals surface area contributed by atoms with Gasteiger partial charge in [-0.15, -0.1) is 0 Å². The molecule has 0 bridgehead atoms. The molecule has 0 spiro atoms. The second kappa shape index (κ2) is 7.07. The number of carbonyl (C=O) groups is 1. The van der Waals surface area contributed by atoms with E-state index in [1.54, 1.807) is 6.92 Å². The van der Waals surface area contributed by atoms with Gasteiger partial charge in [-0.05, 0) is 50.7 Å². The fourth-order valence-electron chi connectivity index (χ4n) is 2.50. The van der Waals surface area contributed by atoms with E-state index >= 15 is 0 Å². The topological polar surface area (TPSA) is 77.8 Å². The zero-order valence-electron chi connectivity index (χ0n) is 12.7. The molecule has 1 amide bonds. The zero-order valence-corrected chi connectivity index (χ0v) is 12.7. The summed E-state index contributed by atoms with van der Waals surface area (Å²) in [6.07, 6.45) is 5.13. The van der Waals surface area contributed by atoms with Crippen LogP contribution in [0.25, 0.3) is 0 Å². The molecule has 5 heteroatoms. The molecule has 1 heterocycles. The molecule has 0 fully saturated rings. The lowest BCUT2D eigenvalue weighted by Gasteiger charge is -2.19. The summed E-state index contributed by atoms with van der Waals surface area (Å²) in [5, 5.41) is 15.2. The Kier molecular flexibility index (Phi) is 5.15. The van der Waals surface area contributed by atoms with E-state index in [1.807, 2.05) is 13.0 Å². The van der Waals surface area contributed by atoms with Crippen LogP contribution in [0.3, 0.4) is 0 Å². The Morgan fingerprint density at radius 2 is 2.24 bits per heavy atom. The van der Waals surface area contributed by atoms with E-state index in [9.17, 15) is 10.1 Å². The number of amides is 1. The molecule has 0 aromatic carbocycles. The lowest BCUT2D eigenvalue weighted by atomic mass is 9.95. The first-order valence-electron chi connectivity index (χ1n) is 7.62. The molecule has 0 aliphatic heterocycles. The summed E-state index contributed by atoms with van der Waals surface area (Å²) in [7, 11) is 0. The SMILES string of the molecule is CCCNC(=O)C(C)Nc1nc2c(cc1C#N)CCCC2. The minimum absolute atomic E-state index is 0.0692. The van der Waals surface area contributed by atoms with Crippen LogP contribution in [0.2, 0.25) is 0 Å². The molecular weight excluding hydrogens is 264 g/mol. The highest BCUT2D eigenvalue weighted by Gasteiger charge is 2.18. The van der Waals surface area contributed by atoms with Crippen LogP contribution in [-0.2, 0) is 17.6 Å². The van der Waals surface area contributed by atoms with Gasteiger partial charge in [0.2, 0.25) is 5.91 Å². The third-order valence-corrected chi connectivity index (χ3v) is 3.72. The van der Waals surface area contributed by atoms with Gasteiger partial charge in [-0.25, -0.2) is 4.98 Å². The highest BCUT2D eigenvalue weighted by Crippen LogP contribution is 2.24. The van der Waals surface area contributed by atoms with Gasteiger partial charge >= 0.3 is 0 Å². The molecule has 5 nitrogen and oxygen atoms in total. The second-order valence-electron chi connectivity index (χ2n) is 5.47. The van der Waals surface area contributed by atoms with Gasteiger partial charge in [0.05, 0.1) is 5.56 Å². The standard InChI is InChI=1S/C16H22N4O/c1-3-8-18-16(21)11(2)19-15-13(10-17)9-12-6-4-5-7-14(12)20-15/h9,11H,3-8H2,1-2H3,(H,18,21)(H,19,20). The molecule has 1 unspecified atom stereocenters. The Labute approximate surface area is 125 Å². The van der Waals surface area contributed by atoms with Crippen molar-refractivity contribution in [3.8, 4) is 6.07 Å². The molecule has 112 valence electrons. The maximum absolute atomic E-state index is 11.9. The first kappa shape index (κ1) is 15.3. The number of nitrogens with zero attached hydrogens (tertiary/aromatic N) is 2. The van der Waals surface area contributed by atoms with Crippen LogP contribution in [-0.4, -0.2) is 23.5 Å². The Morgan fingerprint density at radius 1 is 1.48 bits per heavy atom. The van der Waals surface area contributed by atoms with Crippen LogP contribution >= 0.6 is 0 Å². The van der Waals surface area contributed by atoms with Gasteiger partial charge in [0.25, 0.3) is 0 Å². The molecule has 1 aliphatic rings. The predicted octanol–water partition coefficient (Wildman–Crippen LogP) is 2.16. The van der Waals surface area contributed by atoms with Gasteiger partial charge in [0.1, 0.15) is 17.9 Å². The summed E-state index contributed by atoms with van der Waals surface area (Å²) in [6, 6.07) is 3.69. The monoisotopic (exact) mass is 286 g/mol. The van der Waals surface area contributed by atoms with E-state index in [2.05, 4.69) is 21.7 Å². The van der Waals surface area contributed by atoms with Crippen LogP contribution in [0.5, 0.6) is 0 Å². The number of aryl methyl sites for hydroxylation is 2. The van der Waals surface area contributed by atoms with Crippen LogP contribution < -0.4 is 10.6 Å². The molecule has 0 radical (unpaired) electrons. The summed E-state index contributed by atoms with van der Waals surface area (Å²) >= 11 is 0. The van der Waals surface area contributed by atoms with E-state index in [0.717, 1.165) is 37.8 Å². The van der Waals surface area contributed by atoms with Crippen molar-refractivity contribution in [2.24, 2.45) is 0 Å². The Morgan fingerprint density at radius 3 is 2.95 bits per heavy atom. The fraction of sp³-hybridized carbons (Fsp3) is 0.562. The number of anilines is 1. The number of hydrogen-bond donors (Lipinski definition) is 2. The van der Waals surface area contributed by atoms with Crippen LogP contribution in [0.4, 0.5) is 5.82 Å². The van der Waals surface area contributed by atoms with Crippen molar-refractivity contribution in [2.75, 3.05) is 11.9 Å². The highest BCUT2D eigenvalue weighted by molar-refractivity contribution is 5.84. The van der Waals surface area contributed by atoms with Crippen LogP contribution in [0.1, 0.15) is 49.9 Å². The van der Waals surface area contributed by atoms with Gasteiger partial charge < -0.3 is 10.6 Å². The Bertz CT molecular complexity index is 562. The maximum atomic E-state index is 11.9. The van der Waals surface area contributed by atoms with Crippen molar-refractivity contribution in [1.29, 1.82) is 5.26 Å². The number of nitrogens with one attached hydrogen (secondary N) is 2. The fourth-order valence-corrected chi connectivity index (χ4v) is 2.50. The Hall–Kier alpha value is -2.09. The number of carbonyl (C=O) groups excluding carboxylic acids is 1. The lowest BCUT2D eigenvalue weighted by molar-refractivity contribution is -0.121. The molecular formula is C16H22N4O. The highest BCUT2D eigenvalue weighted by atomic mass is 16.2. The molecule has 1 atom stereocenters. The lowest BCUT2D eigenvalue weighted by Crippen LogP contribution is -2.38. The normalized spacial score (nSPS) is 14.7. The second-order valence-corrected chi connectivity index (χ2v) is 5.47. The third kappa shape index (κ3) is 3.72. The number of nitriles is 1. The van der Waals surface area contributed by atoms with Gasteiger partial charge in [0, 0.05) is 12.2 Å². The summed E-state index contributed by atoms with van der Waals surface area (Å²) in [4.78, 5) is 16.5. The van der Waals surface area contributed by atoms with E-state index in [4.69, 9.17) is 0 Å². The largest absolute Gasteiger partial charge is 0.358 e. The molecule has 0 saturated heterocycles. The summed E-state index contributed by atoms with van der Waals surface area (Å²) < 4.78 is 0. The average molecular weight is 286 g/mol. The van der Waals surface area contributed by atoms with E-state index < -0.39 is 6.04 Å². The number of hydrogen-bond acceptors (Lipinski definition) is 4. The van der Waals surface area contributed by atoms with Crippen molar-refractivity contribution in [2.45, 2.75) is 52.0 Å². The number of aromatic nitrogens is 1. The average Bonchev–Trinajstić information content (AvgIpc) is 2.51. The molecule has 21 heavy (non-hydrogen) atoms. The number of rotatable bonds is 5. The number of pyridine rings is 1. The summed E-state index contributed by atoms with van der Waals surface area (Å²) in [5.74, 6) is 0.456. The molecule has 2 rings (SSSR count). The van der Waals surface area contributed by atoms with Crippen molar-refractivity contribution < 1.29 is 4.79 Å². The van der Waals surface area contributed by atoms with Crippen molar-refractivity contribution in [3.05, 3.63) is 22.9 Å². The van der Waals surface area contributed by atoms with Crippen molar-refractivity contribution >= 4 is 11.7 Å². The van der Waals surface area contributed by atoms with Gasteiger partial charge in [-0.2, -0.15) is 5.26 Å². The van der Waals surface area contributed by atoms with Gasteiger partial charge in [-0.1, -0.05) is 6.92 Å². The van der Waals surface area contributed by atoms with Gasteiger partial charge in [0.15, 0.2) is 0 Å². The predicted molar refractivity (Wildman–Crippen MR) is 82.0 cm³/mol. The van der Waals surface area contributed by atoms with E-state index in [-0.39, 0.29) is 5.91 Å². The van der Waals surface area contributed by atoms with Crippen molar-refractivity contribution in [1.82, 2.24) is 10.3 Å².